The standard InChI is InChI=1S/C33H31FN8O2/c1-42(2)8-9-44-24-12-20(10-22(34)13-24)25-6-7-36-32-26(25)14-29(39-32)31-27-15-28(37-18-30(27)40-41-31)21-11-23(17-35-16-21)38-33(43)19-4-3-5-19/h6-7,10-19H,3-5,8-9H2,1-2H3,(H,36,39)(H,38,43)(H,40,41). The molecule has 0 radical (unpaired) electrons. The molecule has 10 nitrogen and oxygen atoms in total. The summed E-state index contributed by atoms with van der Waals surface area (Å²) in [5.74, 6) is 0.218. The minimum Gasteiger partial charge on any atom is -0.492 e. The molecule has 0 spiro atoms. The van der Waals surface area contributed by atoms with Gasteiger partial charge in [0.2, 0.25) is 5.91 Å². The number of nitrogens with zero attached hydrogens (tertiary/aromatic N) is 5. The van der Waals surface area contributed by atoms with Gasteiger partial charge in [0, 0.05) is 47.3 Å². The number of amides is 1. The summed E-state index contributed by atoms with van der Waals surface area (Å²) < 4.78 is 20.5. The van der Waals surface area contributed by atoms with Gasteiger partial charge in [-0.3, -0.25) is 19.9 Å². The summed E-state index contributed by atoms with van der Waals surface area (Å²) in [6, 6.07) is 12.4. The Morgan fingerprint density at radius 1 is 1.05 bits per heavy atom. The van der Waals surface area contributed by atoms with E-state index in [1.54, 1.807) is 24.8 Å². The van der Waals surface area contributed by atoms with Crippen LogP contribution in [0, 0.1) is 11.7 Å². The topological polar surface area (TPSA) is 125 Å². The Morgan fingerprint density at radius 3 is 2.75 bits per heavy atom. The number of anilines is 1. The maximum atomic E-state index is 14.7. The number of H-pyrrole nitrogens is 2. The van der Waals surface area contributed by atoms with E-state index in [0.717, 1.165) is 58.9 Å². The van der Waals surface area contributed by atoms with Crippen LogP contribution in [-0.2, 0) is 4.79 Å². The van der Waals surface area contributed by atoms with E-state index < -0.39 is 0 Å². The molecule has 6 aromatic rings. The lowest BCUT2D eigenvalue weighted by Crippen LogP contribution is -2.28. The van der Waals surface area contributed by atoms with Gasteiger partial charge in [0.1, 0.15) is 29.5 Å². The van der Waals surface area contributed by atoms with E-state index in [9.17, 15) is 9.18 Å². The lowest BCUT2D eigenvalue weighted by atomic mass is 9.85. The summed E-state index contributed by atoms with van der Waals surface area (Å²) in [7, 11) is 3.93. The van der Waals surface area contributed by atoms with Crippen molar-refractivity contribution in [2.24, 2.45) is 5.92 Å². The normalized spacial score (nSPS) is 13.5. The third kappa shape index (κ3) is 5.49. The highest BCUT2D eigenvalue weighted by atomic mass is 19.1. The Labute approximate surface area is 252 Å². The molecule has 0 unspecified atom stereocenters. The van der Waals surface area contributed by atoms with Gasteiger partial charge in [0.25, 0.3) is 0 Å². The number of carbonyl (C=O) groups is 1. The Morgan fingerprint density at radius 2 is 1.93 bits per heavy atom. The number of pyridine rings is 3. The van der Waals surface area contributed by atoms with Crippen LogP contribution in [0.5, 0.6) is 5.75 Å². The lowest BCUT2D eigenvalue weighted by Gasteiger charge is -2.24. The summed E-state index contributed by atoms with van der Waals surface area (Å²) in [5.41, 5.74) is 6.51. The first kappa shape index (κ1) is 27.7. The number of hydrogen-bond acceptors (Lipinski definition) is 7. The number of aromatic amines is 2. The van der Waals surface area contributed by atoms with Gasteiger partial charge in [-0.25, -0.2) is 9.37 Å². The van der Waals surface area contributed by atoms with Crippen molar-refractivity contribution in [3.05, 3.63) is 73.1 Å². The van der Waals surface area contributed by atoms with Gasteiger partial charge in [-0.05, 0) is 74.5 Å². The summed E-state index contributed by atoms with van der Waals surface area (Å²) in [6.45, 7) is 1.18. The minimum atomic E-state index is -0.373. The highest BCUT2D eigenvalue weighted by Gasteiger charge is 2.25. The quantitative estimate of drug-likeness (QED) is 0.187. The fourth-order valence-electron chi connectivity index (χ4n) is 5.40. The first-order valence-corrected chi connectivity index (χ1v) is 14.6. The van der Waals surface area contributed by atoms with Crippen LogP contribution in [0.4, 0.5) is 10.1 Å². The Balaban J connectivity index is 1.21. The SMILES string of the molecule is CN(C)CCOc1cc(F)cc(-c2ccnc3[nH]c(-c4n[nH]c5cnc(-c6cncc(NC(=O)C7CCC7)c6)cc45)cc23)c1. The fourth-order valence-corrected chi connectivity index (χ4v) is 5.40. The van der Waals surface area contributed by atoms with Gasteiger partial charge in [-0.15, -0.1) is 0 Å². The Kier molecular flexibility index (Phi) is 7.23. The number of rotatable bonds is 9. The van der Waals surface area contributed by atoms with Crippen molar-refractivity contribution < 1.29 is 13.9 Å². The molecular formula is C33H31FN8O2. The summed E-state index contributed by atoms with van der Waals surface area (Å²) >= 11 is 0. The monoisotopic (exact) mass is 590 g/mol. The zero-order valence-electron chi connectivity index (χ0n) is 24.4. The van der Waals surface area contributed by atoms with Gasteiger partial charge in [0.15, 0.2) is 0 Å². The molecule has 5 heterocycles. The number of benzene rings is 1. The highest BCUT2D eigenvalue weighted by Crippen LogP contribution is 2.36. The highest BCUT2D eigenvalue weighted by molar-refractivity contribution is 6.00. The Hall–Kier alpha value is -5.16. The molecule has 0 bridgehead atoms. The van der Waals surface area contributed by atoms with Gasteiger partial charge in [-0.2, -0.15) is 5.10 Å². The van der Waals surface area contributed by atoms with Crippen molar-refractivity contribution >= 4 is 33.5 Å². The first-order chi connectivity index (χ1) is 21.4. The maximum absolute atomic E-state index is 14.7. The molecule has 3 N–H and O–H groups in total. The number of ether oxygens (including phenoxy) is 1. The third-order valence-electron chi connectivity index (χ3n) is 8.00. The average Bonchev–Trinajstić information content (AvgIpc) is 3.59. The van der Waals surface area contributed by atoms with Gasteiger partial charge >= 0.3 is 0 Å². The second-order valence-corrected chi connectivity index (χ2v) is 11.4. The minimum absolute atomic E-state index is 0.0360. The van der Waals surface area contributed by atoms with Crippen LogP contribution in [0.25, 0.3) is 55.7 Å². The number of halogens is 1. The summed E-state index contributed by atoms with van der Waals surface area (Å²) in [5, 5.41) is 12.3. The molecule has 1 aliphatic carbocycles. The van der Waals surface area contributed by atoms with Crippen LogP contribution in [0.2, 0.25) is 0 Å². The molecule has 1 amide bonds. The molecule has 0 atom stereocenters. The summed E-state index contributed by atoms with van der Waals surface area (Å²) in [4.78, 5) is 31.3. The van der Waals surface area contributed by atoms with Crippen LogP contribution in [0.1, 0.15) is 19.3 Å². The molecule has 5 aromatic heterocycles. The van der Waals surface area contributed by atoms with E-state index in [-0.39, 0.29) is 17.6 Å². The van der Waals surface area contributed by atoms with Gasteiger partial charge < -0.3 is 19.9 Å². The third-order valence-corrected chi connectivity index (χ3v) is 8.00. The maximum Gasteiger partial charge on any atom is 0.227 e. The predicted molar refractivity (Wildman–Crippen MR) is 168 cm³/mol. The van der Waals surface area contributed by atoms with E-state index in [1.165, 1.54) is 12.1 Å². The molecule has 0 saturated heterocycles. The van der Waals surface area contributed by atoms with E-state index in [0.29, 0.717) is 40.6 Å². The largest absolute Gasteiger partial charge is 0.492 e. The van der Waals surface area contributed by atoms with Gasteiger partial charge in [0.05, 0.1) is 35.0 Å². The number of nitrogens with one attached hydrogen (secondary N) is 3. The molecule has 1 fully saturated rings. The van der Waals surface area contributed by atoms with E-state index in [4.69, 9.17) is 4.74 Å². The zero-order chi connectivity index (χ0) is 30.2. The Bertz CT molecular complexity index is 2000. The zero-order valence-corrected chi connectivity index (χ0v) is 24.4. The lowest BCUT2D eigenvalue weighted by molar-refractivity contribution is -0.122. The van der Waals surface area contributed by atoms with Crippen molar-refractivity contribution in [1.82, 2.24) is 35.0 Å². The number of hydrogen-bond donors (Lipinski definition) is 3. The van der Waals surface area contributed by atoms with Crippen molar-refractivity contribution in [2.75, 3.05) is 32.6 Å². The second kappa shape index (κ2) is 11.5. The summed E-state index contributed by atoms with van der Waals surface area (Å²) in [6.07, 6.45) is 9.76. The van der Waals surface area contributed by atoms with E-state index in [1.807, 2.05) is 49.3 Å². The first-order valence-electron chi connectivity index (χ1n) is 14.6. The van der Waals surface area contributed by atoms with Gasteiger partial charge in [-0.1, -0.05) is 6.42 Å². The number of aromatic nitrogens is 6. The molecular weight excluding hydrogens is 559 g/mol. The van der Waals surface area contributed by atoms with Crippen LogP contribution in [-0.4, -0.2) is 68.2 Å². The molecule has 222 valence electrons. The molecule has 1 aromatic carbocycles. The molecule has 44 heavy (non-hydrogen) atoms. The molecule has 0 aliphatic heterocycles. The van der Waals surface area contributed by atoms with Crippen molar-refractivity contribution in [3.63, 3.8) is 0 Å². The number of fused-ring (bicyclic) bond motifs is 2. The van der Waals surface area contributed by atoms with Crippen LogP contribution in [0.3, 0.4) is 0 Å². The average molecular weight is 591 g/mol. The van der Waals surface area contributed by atoms with Crippen LogP contribution >= 0.6 is 0 Å². The van der Waals surface area contributed by atoms with Crippen molar-refractivity contribution in [2.45, 2.75) is 19.3 Å². The van der Waals surface area contributed by atoms with E-state index >= 15 is 0 Å². The molecule has 1 aliphatic rings. The van der Waals surface area contributed by atoms with Crippen LogP contribution < -0.4 is 10.1 Å². The van der Waals surface area contributed by atoms with E-state index in [2.05, 4.69) is 35.5 Å². The van der Waals surface area contributed by atoms with Crippen molar-refractivity contribution in [1.29, 1.82) is 0 Å². The number of carbonyl (C=O) groups excluding carboxylic acids is 1. The molecule has 7 rings (SSSR count). The fraction of sp³-hybridized carbons (Fsp3) is 0.242. The van der Waals surface area contributed by atoms with Crippen molar-refractivity contribution in [3.8, 4) is 39.5 Å². The number of likely N-dealkylation sites (N-methyl/N-ethyl adjacent to an activating group) is 1. The molecule has 11 heteroatoms. The second-order valence-electron chi connectivity index (χ2n) is 11.4. The predicted octanol–water partition coefficient (Wildman–Crippen LogP) is 6.05. The molecule has 1 saturated carbocycles. The smallest absolute Gasteiger partial charge is 0.227 e. The van der Waals surface area contributed by atoms with Crippen LogP contribution in [0.15, 0.2) is 67.3 Å².